The second-order valence-electron chi connectivity index (χ2n) is 2.99. The molecule has 0 aliphatic rings. The van der Waals surface area contributed by atoms with Crippen LogP contribution in [-0.2, 0) is 9.05 Å². The first-order valence-electron chi connectivity index (χ1n) is 4.03. The molecular formula is C7H5ClF2N2O4S. The second kappa shape index (κ2) is 4.49. The van der Waals surface area contributed by atoms with Crippen molar-refractivity contribution in [1.82, 2.24) is 4.98 Å². The van der Waals surface area contributed by atoms with E-state index in [4.69, 9.17) is 10.7 Å². The van der Waals surface area contributed by atoms with Gasteiger partial charge in [0.1, 0.15) is 6.20 Å². The fourth-order valence-corrected chi connectivity index (χ4v) is 2.61. The van der Waals surface area contributed by atoms with Gasteiger partial charge in [-0.25, -0.2) is 17.2 Å². The highest BCUT2D eigenvalue weighted by Gasteiger charge is 2.31. The molecule has 0 radical (unpaired) electrons. The Balaban J connectivity index is 3.72. The highest BCUT2D eigenvalue weighted by molar-refractivity contribution is 8.13. The molecule has 0 amide bonds. The predicted molar refractivity (Wildman–Crippen MR) is 53.6 cm³/mol. The van der Waals surface area contributed by atoms with Gasteiger partial charge >= 0.3 is 5.82 Å². The van der Waals surface area contributed by atoms with E-state index >= 15 is 0 Å². The zero-order chi connectivity index (χ0) is 13.4. The van der Waals surface area contributed by atoms with Crippen LogP contribution in [0.5, 0.6) is 0 Å². The molecule has 0 unspecified atom stereocenters. The molecule has 0 aromatic carbocycles. The Labute approximate surface area is 98.8 Å². The molecular weight excluding hydrogens is 282 g/mol. The molecule has 0 saturated carbocycles. The Kier molecular flexibility index (Phi) is 3.62. The lowest BCUT2D eigenvalue weighted by Crippen LogP contribution is -2.07. The maximum atomic E-state index is 12.5. The van der Waals surface area contributed by atoms with Crippen LogP contribution in [-0.4, -0.2) is 18.3 Å². The maximum Gasteiger partial charge on any atom is 0.383 e. The fourth-order valence-electron chi connectivity index (χ4n) is 1.23. The molecule has 0 aliphatic heterocycles. The summed E-state index contributed by atoms with van der Waals surface area (Å²) < 4.78 is 47.2. The average Bonchev–Trinajstić information content (AvgIpc) is 2.14. The average molecular weight is 287 g/mol. The molecule has 0 bridgehead atoms. The van der Waals surface area contributed by atoms with Crippen LogP contribution in [0, 0.1) is 17.0 Å². The minimum absolute atomic E-state index is 0.475. The Hall–Kier alpha value is -1.35. The van der Waals surface area contributed by atoms with Crippen molar-refractivity contribution in [2.24, 2.45) is 0 Å². The molecule has 1 aromatic rings. The van der Waals surface area contributed by atoms with Gasteiger partial charge in [0.15, 0.2) is 4.90 Å². The predicted octanol–water partition coefficient (Wildman–Crippen LogP) is 2.16. The summed E-state index contributed by atoms with van der Waals surface area (Å²) in [6.45, 7) is 1.01. The molecule has 0 N–H and O–H groups in total. The van der Waals surface area contributed by atoms with Crippen molar-refractivity contribution in [3.63, 3.8) is 0 Å². The van der Waals surface area contributed by atoms with Gasteiger partial charge < -0.3 is 10.1 Å². The first-order valence-corrected chi connectivity index (χ1v) is 6.34. The van der Waals surface area contributed by atoms with Crippen molar-refractivity contribution in [3.8, 4) is 0 Å². The number of aromatic nitrogens is 1. The smallest absolute Gasteiger partial charge is 0.358 e. The zero-order valence-electron chi connectivity index (χ0n) is 8.22. The SMILES string of the molecule is Cc1c(C(F)F)cnc([N+](=O)[O-])c1S(=O)(=O)Cl. The molecule has 17 heavy (non-hydrogen) atoms. The van der Waals surface area contributed by atoms with Crippen molar-refractivity contribution in [1.29, 1.82) is 0 Å². The van der Waals surface area contributed by atoms with Crippen molar-refractivity contribution >= 4 is 25.6 Å². The number of alkyl halides is 2. The van der Waals surface area contributed by atoms with Crippen LogP contribution in [0.2, 0.25) is 0 Å². The number of nitro groups is 1. The Bertz CT molecular complexity index is 575. The molecule has 1 aromatic heterocycles. The van der Waals surface area contributed by atoms with E-state index in [1.54, 1.807) is 0 Å². The summed E-state index contributed by atoms with van der Waals surface area (Å²) in [6, 6.07) is 0. The summed E-state index contributed by atoms with van der Waals surface area (Å²) in [4.78, 5) is 11.5. The normalized spacial score (nSPS) is 11.8. The van der Waals surface area contributed by atoms with Crippen LogP contribution >= 0.6 is 10.7 Å². The summed E-state index contributed by atoms with van der Waals surface area (Å²) in [7, 11) is 0.442. The van der Waals surface area contributed by atoms with Gasteiger partial charge in [-0.3, -0.25) is 0 Å². The third kappa shape index (κ3) is 2.67. The van der Waals surface area contributed by atoms with E-state index < -0.39 is 42.2 Å². The molecule has 0 atom stereocenters. The molecule has 10 heteroatoms. The van der Waals surface area contributed by atoms with E-state index in [2.05, 4.69) is 4.98 Å². The van der Waals surface area contributed by atoms with E-state index in [9.17, 15) is 27.3 Å². The number of hydrogen-bond acceptors (Lipinski definition) is 5. The molecule has 0 saturated heterocycles. The van der Waals surface area contributed by atoms with Gasteiger partial charge in [0.25, 0.3) is 15.5 Å². The van der Waals surface area contributed by atoms with Crippen LogP contribution < -0.4 is 0 Å². The maximum absolute atomic E-state index is 12.5. The number of halogens is 3. The summed E-state index contributed by atoms with van der Waals surface area (Å²) in [5.41, 5.74) is -1.19. The third-order valence-electron chi connectivity index (χ3n) is 1.95. The van der Waals surface area contributed by atoms with Crippen molar-refractivity contribution in [2.45, 2.75) is 18.2 Å². The van der Waals surface area contributed by atoms with Crippen molar-refractivity contribution < 1.29 is 22.1 Å². The summed E-state index contributed by atoms with van der Waals surface area (Å²) >= 11 is 0. The van der Waals surface area contributed by atoms with Crippen LogP contribution in [0.15, 0.2) is 11.1 Å². The van der Waals surface area contributed by atoms with Crippen molar-refractivity contribution in [2.75, 3.05) is 0 Å². The van der Waals surface area contributed by atoms with Gasteiger partial charge in [-0.05, 0) is 22.4 Å². The molecule has 0 aliphatic carbocycles. The van der Waals surface area contributed by atoms with Crippen molar-refractivity contribution in [3.05, 3.63) is 27.4 Å². The molecule has 6 nitrogen and oxygen atoms in total. The lowest BCUT2D eigenvalue weighted by molar-refractivity contribution is -0.392. The summed E-state index contributed by atoms with van der Waals surface area (Å²) in [6.07, 6.45) is -2.44. The number of pyridine rings is 1. The quantitative estimate of drug-likeness (QED) is 0.482. The van der Waals surface area contributed by atoms with E-state index in [1.165, 1.54) is 0 Å². The van der Waals surface area contributed by atoms with E-state index in [-0.39, 0.29) is 0 Å². The van der Waals surface area contributed by atoms with E-state index in [0.29, 0.717) is 6.20 Å². The lowest BCUT2D eigenvalue weighted by atomic mass is 10.1. The number of nitrogens with zero attached hydrogens (tertiary/aromatic N) is 2. The standard InChI is InChI=1S/C7H5ClF2N2O4S/c1-3-4(6(9)10)2-11-7(12(13)14)5(3)17(8,15)16/h2,6H,1H3. The first-order chi connectivity index (χ1) is 7.66. The van der Waals surface area contributed by atoms with Crippen LogP contribution in [0.25, 0.3) is 0 Å². The van der Waals surface area contributed by atoms with E-state index in [1.807, 2.05) is 0 Å². The van der Waals surface area contributed by atoms with Gasteiger partial charge in [-0.15, -0.1) is 0 Å². The monoisotopic (exact) mass is 286 g/mol. The van der Waals surface area contributed by atoms with Gasteiger partial charge in [-0.1, -0.05) is 0 Å². The minimum Gasteiger partial charge on any atom is -0.358 e. The third-order valence-corrected chi connectivity index (χ3v) is 3.39. The van der Waals surface area contributed by atoms with Crippen LogP contribution in [0.1, 0.15) is 17.6 Å². The molecule has 1 heterocycles. The Morgan fingerprint density at radius 1 is 1.53 bits per heavy atom. The Morgan fingerprint density at radius 3 is 2.41 bits per heavy atom. The van der Waals surface area contributed by atoms with Gasteiger partial charge in [0.2, 0.25) is 0 Å². The Morgan fingerprint density at radius 2 is 2.06 bits per heavy atom. The number of rotatable bonds is 3. The van der Waals surface area contributed by atoms with Crippen LogP contribution in [0.3, 0.4) is 0 Å². The molecule has 0 fully saturated rings. The molecule has 94 valence electrons. The number of hydrogen-bond donors (Lipinski definition) is 0. The van der Waals surface area contributed by atoms with E-state index in [0.717, 1.165) is 6.92 Å². The topological polar surface area (TPSA) is 90.2 Å². The van der Waals surface area contributed by atoms with Gasteiger partial charge in [-0.2, -0.15) is 0 Å². The largest absolute Gasteiger partial charge is 0.383 e. The molecule has 0 spiro atoms. The highest BCUT2D eigenvalue weighted by Crippen LogP contribution is 2.33. The summed E-state index contributed by atoms with van der Waals surface area (Å²) in [5.74, 6) is -1.07. The zero-order valence-corrected chi connectivity index (χ0v) is 9.80. The second-order valence-corrected chi connectivity index (χ2v) is 5.49. The summed E-state index contributed by atoms with van der Waals surface area (Å²) in [5, 5.41) is 10.5. The van der Waals surface area contributed by atoms with Gasteiger partial charge in [0, 0.05) is 10.7 Å². The highest BCUT2D eigenvalue weighted by atomic mass is 35.7. The molecule has 1 rings (SSSR count). The lowest BCUT2D eigenvalue weighted by Gasteiger charge is -2.06. The van der Waals surface area contributed by atoms with Crippen LogP contribution in [0.4, 0.5) is 14.6 Å². The minimum atomic E-state index is -4.53. The first kappa shape index (κ1) is 13.7. The fraction of sp³-hybridized carbons (Fsp3) is 0.286. The van der Waals surface area contributed by atoms with Gasteiger partial charge in [0.05, 0.1) is 5.56 Å².